The van der Waals surface area contributed by atoms with Crippen molar-refractivity contribution in [1.82, 2.24) is 9.55 Å². The van der Waals surface area contributed by atoms with Crippen LogP contribution in [0, 0.1) is 24.0 Å². The molecular formula is C19H20N4O2S. The Bertz CT molecular complexity index is 970. The molecule has 1 aromatic carbocycles. The number of anilines is 1. The number of nitro groups is 1. The fraction of sp³-hybridized carbons (Fsp3) is 0.316. The molecule has 1 aliphatic heterocycles. The monoisotopic (exact) mass is 368 g/mol. The van der Waals surface area contributed by atoms with Crippen LogP contribution in [0.25, 0.3) is 16.9 Å². The van der Waals surface area contributed by atoms with Crippen LogP contribution in [0.1, 0.15) is 24.2 Å². The summed E-state index contributed by atoms with van der Waals surface area (Å²) in [5.74, 6) is 0. The lowest BCUT2D eigenvalue weighted by molar-refractivity contribution is -0.384. The van der Waals surface area contributed by atoms with E-state index >= 15 is 0 Å². The summed E-state index contributed by atoms with van der Waals surface area (Å²) in [5.41, 5.74) is 5.03. The SMILES string of the molecule is Cc1cc(-c2csc(N3CCCC3)n2)c(C)n1-c1cccc([N+](=O)[O-])c1. The van der Waals surface area contributed by atoms with Crippen LogP contribution < -0.4 is 4.90 Å². The second kappa shape index (κ2) is 6.57. The number of aryl methyl sites for hydroxylation is 1. The van der Waals surface area contributed by atoms with Crippen LogP contribution in [0.5, 0.6) is 0 Å². The van der Waals surface area contributed by atoms with Gasteiger partial charge in [0.2, 0.25) is 0 Å². The lowest BCUT2D eigenvalue weighted by atomic mass is 10.2. The summed E-state index contributed by atoms with van der Waals surface area (Å²) in [7, 11) is 0. The molecular weight excluding hydrogens is 348 g/mol. The zero-order chi connectivity index (χ0) is 18.3. The van der Waals surface area contributed by atoms with Gasteiger partial charge in [0.05, 0.1) is 16.3 Å². The predicted octanol–water partition coefficient (Wildman–Crippen LogP) is 4.73. The molecule has 1 fully saturated rings. The number of nitrogens with zero attached hydrogens (tertiary/aromatic N) is 4. The maximum atomic E-state index is 11.1. The van der Waals surface area contributed by atoms with Crippen LogP contribution in [-0.4, -0.2) is 27.6 Å². The van der Waals surface area contributed by atoms with Crippen molar-refractivity contribution in [2.75, 3.05) is 18.0 Å². The highest BCUT2D eigenvalue weighted by Crippen LogP contribution is 2.34. The van der Waals surface area contributed by atoms with Crippen LogP contribution in [0.15, 0.2) is 35.7 Å². The Morgan fingerprint density at radius 2 is 1.96 bits per heavy atom. The molecule has 7 heteroatoms. The molecule has 4 rings (SSSR count). The smallest absolute Gasteiger partial charge is 0.271 e. The van der Waals surface area contributed by atoms with Gasteiger partial charge in [-0.05, 0) is 38.8 Å². The highest BCUT2D eigenvalue weighted by atomic mass is 32.1. The maximum Gasteiger partial charge on any atom is 0.271 e. The van der Waals surface area contributed by atoms with Crippen molar-refractivity contribution < 1.29 is 4.92 Å². The van der Waals surface area contributed by atoms with Gasteiger partial charge in [-0.25, -0.2) is 4.98 Å². The Hall–Kier alpha value is -2.67. The molecule has 3 aromatic rings. The standard InChI is InChI=1S/C19H20N4O2S/c1-13-10-17(18-12-26-19(20-18)21-8-3-4-9-21)14(2)22(13)15-6-5-7-16(11-15)23(24)25/h5-7,10-12H,3-4,8-9H2,1-2H3. The van der Waals surface area contributed by atoms with E-state index in [1.807, 2.05) is 19.9 Å². The predicted molar refractivity (Wildman–Crippen MR) is 104 cm³/mol. The first kappa shape index (κ1) is 16.8. The highest BCUT2D eigenvalue weighted by Gasteiger charge is 2.19. The van der Waals surface area contributed by atoms with Crippen molar-refractivity contribution in [1.29, 1.82) is 0 Å². The topological polar surface area (TPSA) is 64.2 Å². The van der Waals surface area contributed by atoms with Gasteiger partial charge < -0.3 is 9.47 Å². The number of hydrogen-bond donors (Lipinski definition) is 0. The zero-order valence-corrected chi connectivity index (χ0v) is 15.6. The summed E-state index contributed by atoms with van der Waals surface area (Å²) in [4.78, 5) is 17.9. The number of non-ortho nitro benzene ring substituents is 1. The van der Waals surface area contributed by atoms with Crippen LogP contribution in [0.2, 0.25) is 0 Å². The van der Waals surface area contributed by atoms with Crippen LogP contribution >= 0.6 is 11.3 Å². The first-order valence-corrected chi connectivity index (χ1v) is 9.57. The summed E-state index contributed by atoms with van der Waals surface area (Å²) in [6, 6.07) is 8.85. The van der Waals surface area contributed by atoms with Gasteiger partial charge in [-0.3, -0.25) is 10.1 Å². The third kappa shape index (κ3) is 2.88. The molecule has 0 amide bonds. The second-order valence-electron chi connectivity index (χ2n) is 6.61. The van der Waals surface area contributed by atoms with E-state index in [0.717, 1.165) is 46.6 Å². The molecule has 0 spiro atoms. The number of hydrogen-bond acceptors (Lipinski definition) is 5. The first-order chi connectivity index (χ1) is 12.5. The van der Waals surface area contributed by atoms with Crippen molar-refractivity contribution in [2.24, 2.45) is 0 Å². The molecule has 134 valence electrons. The van der Waals surface area contributed by atoms with Crippen molar-refractivity contribution in [2.45, 2.75) is 26.7 Å². The van der Waals surface area contributed by atoms with Gasteiger partial charge in [0.15, 0.2) is 5.13 Å². The summed E-state index contributed by atoms with van der Waals surface area (Å²) >= 11 is 1.68. The van der Waals surface area contributed by atoms with Gasteiger partial charge in [0, 0.05) is 47.6 Å². The highest BCUT2D eigenvalue weighted by molar-refractivity contribution is 7.14. The molecule has 0 unspecified atom stereocenters. The van der Waals surface area contributed by atoms with Crippen molar-refractivity contribution in [3.8, 4) is 16.9 Å². The lowest BCUT2D eigenvalue weighted by Crippen LogP contribution is -2.17. The Balaban J connectivity index is 1.73. The van der Waals surface area contributed by atoms with Crippen molar-refractivity contribution in [3.05, 3.63) is 57.2 Å². The minimum atomic E-state index is -0.360. The maximum absolute atomic E-state index is 11.1. The number of nitro benzene ring substituents is 1. The van der Waals surface area contributed by atoms with Gasteiger partial charge in [0.1, 0.15) is 0 Å². The lowest BCUT2D eigenvalue weighted by Gasteiger charge is -2.12. The normalized spacial score (nSPS) is 14.2. The minimum absolute atomic E-state index is 0.0986. The summed E-state index contributed by atoms with van der Waals surface area (Å²) in [6.07, 6.45) is 2.46. The Kier molecular flexibility index (Phi) is 4.24. The van der Waals surface area contributed by atoms with Gasteiger partial charge in [-0.1, -0.05) is 6.07 Å². The molecule has 0 aliphatic carbocycles. The van der Waals surface area contributed by atoms with E-state index in [9.17, 15) is 10.1 Å². The van der Waals surface area contributed by atoms with Gasteiger partial charge >= 0.3 is 0 Å². The average Bonchev–Trinajstić information content (AvgIpc) is 3.35. The molecule has 0 atom stereocenters. The fourth-order valence-corrected chi connectivity index (χ4v) is 4.49. The molecule has 3 heterocycles. The number of benzene rings is 1. The van der Waals surface area contributed by atoms with Crippen LogP contribution in [0.3, 0.4) is 0 Å². The van der Waals surface area contributed by atoms with E-state index in [0.29, 0.717) is 0 Å². The molecule has 1 saturated heterocycles. The van der Waals surface area contributed by atoms with E-state index in [-0.39, 0.29) is 10.6 Å². The van der Waals surface area contributed by atoms with Crippen molar-refractivity contribution in [3.63, 3.8) is 0 Å². The molecule has 0 N–H and O–H groups in total. The van der Waals surface area contributed by atoms with Crippen LogP contribution in [-0.2, 0) is 0 Å². The second-order valence-corrected chi connectivity index (χ2v) is 7.44. The minimum Gasteiger partial charge on any atom is -0.348 e. The van der Waals surface area contributed by atoms with E-state index in [1.54, 1.807) is 23.5 Å². The van der Waals surface area contributed by atoms with Gasteiger partial charge in [0.25, 0.3) is 5.69 Å². The summed E-state index contributed by atoms with van der Waals surface area (Å²) < 4.78 is 2.05. The number of rotatable bonds is 4. The summed E-state index contributed by atoms with van der Waals surface area (Å²) in [5, 5.41) is 14.3. The van der Waals surface area contributed by atoms with Gasteiger partial charge in [-0.15, -0.1) is 11.3 Å². The van der Waals surface area contributed by atoms with E-state index in [4.69, 9.17) is 4.98 Å². The quantitative estimate of drug-likeness (QED) is 0.493. The van der Waals surface area contributed by atoms with E-state index < -0.39 is 0 Å². The van der Waals surface area contributed by atoms with Crippen LogP contribution in [0.4, 0.5) is 10.8 Å². The third-order valence-corrected chi connectivity index (χ3v) is 5.78. The molecule has 0 bridgehead atoms. The molecule has 2 aromatic heterocycles. The molecule has 6 nitrogen and oxygen atoms in total. The average molecular weight is 368 g/mol. The first-order valence-electron chi connectivity index (χ1n) is 8.69. The Labute approximate surface area is 155 Å². The van der Waals surface area contributed by atoms with E-state index in [2.05, 4.69) is 20.9 Å². The Morgan fingerprint density at radius 1 is 1.19 bits per heavy atom. The Morgan fingerprint density at radius 3 is 2.69 bits per heavy atom. The van der Waals surface area contributed by atoms with Crippen molar-refractivity contribution >= 4 is 22.2 Å². The number of aromatic nitrogens is 2. The number of thiazole rings is 1. The molecule has 0 radical (unpaired) electrons. The zero-order valence-electron chi connectivity index (χ0n) is 14.8. The molecule has 1 aliphatic rings. The largest absolute Gasteiger partial charge is 0.348 e. The third-order valence-electron chi connectivity index (χ3n) is 4.87. The molecule has 0 saturated carbocycles. The van der Waals surface area contributed by atoms with Gasteiger partial charge in [-0.2, -0.15) is 0 Å². The van der Waals surface area contributed by atoms with E-state index in [1.165, 1.54) is 18.9 Å². The molecule has 26 heavy (non-hydrogen) atoms. The summed E-state index contributed by atoms with van der Waals surface area (Å²) in [6.45, 7) is 6.22. The fourth-order valence-electron chi connectivity index (χ4n) is 3.61.